The number of hydrogen-bond donors (Lipinski definition) is 2. The van der Waals surface area contributed by atoms with Gasteiger partial charge in [0.1, 0.15) is 0 Å². The molecule has 0 aliphatic carbocycles. The summed E-state index contributed by atoms with van der Waals surface area (Å²) in [6.45, 7) is 0. The molecule has 138 valence electrons. The van der Waals surface area contributed by atoms with Crippen molar-refractivity contribution in [3.63, 3.8) is 0 Å². The van der Waals surface area contributed by atoms with E-state index in [2.05, 4.69) is 72.8 Å². The molecule has 3 aromatic carbocycles. The second-order valence-corrected chi connectivity index (χ2v) is 6.74. The highest BCUT2D eigenvalue weighted by Gasteiger charge is 2.02. The van der Waals surface area contributed by atoms with E-state index < -0.39 is 0 Å². The number of carbonyl (C=O) groups excluding carboxylic acids is 1. The fraction of sp³-hybridized carbons (Fsp3) is 0.208. The Labute approximate surface area is 160 Å². The zero-order valence-corrected chi connectivity index (χ0v) is 15.4. The summed E-state index contributed by atoms with van der Waals surface area (Å²) in [5.41, 5.74) is 7.88. The highest BCUT2D eigenvalue weighted by molar-refractivity contribution is 5.74. The van der Waals surface area contributed by atoms with Gasteiger partial charge in [0.25, 0.3) is 0 Å². The van der Waals surface area contributed by atoms with E-state index in [1.165, 1.54) is 27.8 Å². The maximum Gasteiger partial charge on any atom is 0.243 e. The monoisotopic (exact) mass is 359 g/mol. The molecule has 3 nitrogen and oxygen atoms in total. The van der Waals surface area contributed by atoms with Crippen molar-refractivity contribution in [1.82, 2.24) is 5.48 Å². The number of nitrogens with one attached hydrogen (secondary N) is 1. The van der Waals surface area contributed by atoms with Crippen LogP contribution in [-0.4, -0.2) is 11.1 Å². The van der Waals surface area contributed by atoms with Gasteiger partial charge in [-0.3, -0.25) is 10.0 Å². The third-order valence-electron chi connectivity index (χ3n) is 4.77. The Bertz CT molecular complexity index is 840. The standard InChI is InChI=1S/C24H25NO2/c26-24(25-27)10-6-1-3-7-19-11-13-21(14-12-19)23-17-15-22(16-18-23)20-8-4-2-5-9-20/h2,4-5,8-9,11-18,27H,1,3,6-7,10H2,(H,25,26). The van der Waals surface area contributed by atoms with Crippen molar-refractivity contribution in [3.8, 4) is 22.3 Å². The molecule has 0 spiro atoms. The molecule has 0 heterocycles. The molecule has 2 N–H and O–H groups in total. The predicted molar refractivity (Wildman–Crippen MR) is 109 cm³/mol. The van der Waals surface area contributed by atoms with Crippen LogP contribution in [0.2, 0.25) is 0 Å². The van der Waals surface area contributed by atoms with Gasteiger partial charge in [0.15, 0.2) is 0 Å². The van der Waals surface area contributed by atoms with Crippen molar-refractivity contribution < 1.29 is 10.0 Å². The van der Waals surface area contributed by atoms with Gasteiger partial charge in [-0.2, -0.15) is 0 Å². The first kappa shape index (κ1) is 18.9. The Morgan fingerprint density at radius 3 is 1.74 bits per heavy atom. The first-order chi connectivity index (χ1) is 13.3. The topological polar surface area (TPSA) is 49.3 Å². The molecule has 0 radical (unpaired) electrons. The van der Waals surface area contributed by atoms with Crippen LogP contribution >= 0.6 is 0 Å². The van der Waals surface area contributed by atoms with Crippen molar-refractivity contribution in [1.29, 1.82) is 0 Å². The molecule has 1 amide bonds. The zero-order chi connectivity index (χ0) is 18.9. The molecule has 0 bridgehead atoms. The number of rotatable bonds is 8. The Morgan fingerprint density at radius 1 is 0.667 bits per heavy atom. The summed E-state index contributed by atoms with van der Waals surface area (Å²) in [6.07, 6.45) is 4.22. The van der Waals surface area contributed by atoms with Gasteiger partial charge >= 0.3 is 0 Å². The van der Waals surface area contributed by atoms with Gasteiger partial charge in [0.05, 0.1) is 0 Å². The van der Waals surface area contributed by atoms with Crippen LogP contribution in [0.15, 0.2) is 78.9 Å². The molecular formula is C24H25NO2. The average molecular weight is 359 g/mol. The first-order valence-corrected chi connectivity index (χ1v) is 9.44. The number of carbonyl (C=O) groups is 1. The third-order valence-corrected chi connectivity index (χ3v) is 4.77. The Morgan fingerprint density at radius 2 is 1.19 bits per heavy atom. The van der Waals surface area contributed by atoms with Crippen LogP contribution in [0.4, 0.5) is 0 Å². The molecule has 0 atom stereocenters. The van der Waals surface area contributed by atoms with Gasteiger partial charge in [-0.05, 0) is 47.1 Å². The number of aryl methyl sites for hydroxylation is 1. The van der Waals surface area contributed by atoms with Crippen molar-refractivity contribution in [3.05, 3.63) is 84.4 Å². The number of hydroxylamine groups is 1. The molecule has 0 unspecified atom stereocenters. The van der Waals surface area contributed by atoms with Gasteiger partial charge in [-0.1, -0.05) is 85.3 Å². The molecule has 3 heteroatoms. The molecule has 0 aromatic heterocycles. The fourth-order valence-electron chi connectivity index (χ4n) is 3.20. The quantitative estimate of drug-likeness (QED) is 0.311. The van der Waals surface area contributed by atoms with Crippen LogP contribution in [-0.2, 0) is 11.2 Å². The normalized spacial score (nSPS) is 10.6. The van der Waals surface area contributed by atoms with Gasteiger partial charge in [-0.15, -0.1) is 0 Å². The molecule has 3 aromatic rings. The summed E-state index contributed by atoms with van der Waals surface area (Å²) in [7, 11) is 0. The lowest BCUT2D eigenvalue weighted by Crippen LogP contribution is -2.17. The summed E-state index contributed by atoms with van der Waals surface area (Å²) >= 11 is 0. The lowest BCUT2D eigenvalue weighted by atomic mass is 9.98. The first-order valence-electron chi connectivity index (χ1n) is 9.44. The Hall–Kier alpha value is -2.91. The minimum absolute atomic E-state index is 0.308. The van der Waals surface area contributed by atoms with Crippen LogP contribution in [0.5, 0.6) is 0 Å². The summed E-state index contributed by atoms with van der Waals surface area (Å²) in [5.74, 6) is -0.308. The van der Waals surface area contributed by atoms with Crippen LogP contribution in [0.25, 0.3) is 22.3 Å². The van der Waals surface area contributed by atoms with Crippen LogP contribution in [0.3, 0.4) is 0 Å². The summed E-state index contributed by atoms with van der Waals surface area (Å²) in [4.78, 5) is 11.0. The smallest absolute Gasteiger partial charge is 0.243 e. The van der Waals surface area contributed by atoms with Crippen LogP contribution < -0.4 is 5.48 Å². The second kappa shape index (κ2) is 9.70. The summed E-state index contributed by atoms with van der Waals surface area (Å²) < 4.78 is 0. The highest BCUT2D eigenvalue weighted by atomic mass is 16.5. The fourth-order valence-corrected chi connectivity index (χ4v) is 3.20. The maximum atomic E-state index is 11.0. The van der Waals surface area contributed by atoms with Gasteiger partial charge in [-0.25, -0.2) is 5.48 Å². The van der Waals surface area contributed by atoms with Gasteiger partial charge in [0.2, 0.25) is 5.91 Å². The number of amides is 1. The molecule has 0 saturated carbocycles. The Kier molecular flexibility index (Phi) is 6.78. The summed E-state index contributed by atoms with van der Waals surface area (Å²) in [5, 5.41) is 8.46. The maximum absolute atomic E-state index is 11.0. The van der Waals surface area contributed by atoms with Crippen molar-refractivity contribution in [2.75, 3.05) is 0 Å². The third kappa shape index (κ3) is 5.53. The van der Waals surface area contributed by atoms with E-state index in [9.17, 15) is 4.79 Å². The van der Waals surface area contributed by atoms with Crippen molar-refractivity contribution >= 4 is 5.91 Å². The SMILES string of the molecule is O=C(CCCCCc1ccc(-c2ccc(-c3ccccc3)cc2)cc1)NO. The second-order valence-electron chi connectivity index (χ2n) is 6.74. The van der Waals surface area contributed by atoms with E-state index in [1.807, 2.05) is 6.07 Å². The zero-order valence-electron chi connectivity index (χ0n) is 15.4. The Balaban J connectivity index is 1.53. The lowest BCUT2D eigenvalue weighted by molar-refractivity contribution is -0.129. The van der Waals surface area contributed by atoms with Gasteiger partial charge < -0.3 is 0 Å². The number of hydrogen-bond acceptors (Lipinski definition) is 2. The van der Waals surface area contributed by atoms with E-state index in [0.29, 0.717) is 6.42 Å². The minimum Gasteiger partial charge on any atom is -0.289 e. The van der Waals surface area contributed by atoms with E-state index in [4.69, 9.17) is 5.21 Å². The molecule has 27 heavy (non-hydrogen) atoms. The van der Waals surface area contributed by atoms with Crippen LogP contribution in [0, 0.1) is 0 Å². The average Bonchev–Trinajstić information content (AvgIpc) is 2.74. The lowest BCUT2D eigenvalue weighted by Gasteiger charge is -2.07. The van der Waals surface area contributed by atoms with E-state index in [0.717, 1.165) is 25.7 Å². The van der Waals surface area contributed by atoms with Crippen LogP contribution in [0.1, 0.15) is 31.2 Å². The van der Waals surface area contributed by atoms with Gasteiger partial charge in [0, 0.05) is 6.42 Å². The van der Waals surface area contributed by atoms with Crippen molar-refractivity contribution in [2.24, 2.45) is 0 Å². The molecule has 0 fully saturated rings. The van der Waals surface area contributed by atoms with E-state index in [-0.39, 0.29) is 5.91 Å². The van der Waals surface area contributed by atoms with E-state index in [1.54, 1.807) is 5.48 Å². The molecule has 0 aliphatic rings. The largest absolute Gasteiger partial charge is 0.289 e. The number of benzene rings is 3. The number of unbranched alkanes of at least 4 members (excludes halogenated alkanes) is 2. The van der Waals surface area contributed by atoms with Crippen molar-refractivity contribution in [2.45, 2.75) is 32.1 Å². The minimum atomic E-state index is -0.308. The molecule has 3 rings (SSSR count). The molecule has 0 saturated heterocycles. The molecular weight excluding hydrogens is 334 g/mol. The molecule has 0 aliphatic heterocycles. The summed E-state index contributed by atoms with van der Waals surface area (Å²) in [6, 6.07) is 27.8. The highest BCUT2D eigenvalue weighted by Crippen LogP contribution is 2.25. The predicted octanol–water partition coefficient (Wildman–Crippen LogP) is 5.63. The van der Waals surface area contributed by atoms with E-state index >= 15 is 0 Å².